The molecule has 0 radical (unpaired) electrons. The van der Waals surface area contributed by atoms with Crippen molar-refractivity contribution in [2.45, 2.75) is 11.0 Å². The molecule has 14 heteroatoms. The summed E-state index contributed by atoms with van der Waals surface area (Å²) < 4.78 is 71.1. The molecule has 1 aromatic heterocycles. The second-order valence-corrected chi connectivity index (χ2v) is 9.29. The fraction of sp³-hybridized carbons (Fsp3) is 0.174. The second kappa shape index (κ2) is 9.90. The zero-order valence-corrected chi connectivity index (χ0v) is 20.9. The molecule has 9 nitrogen and oxygen atoms in total. The summed E-state index contributed by atoms with van der Waals surface area (Å²) in [6.07, 6.45) is 3.11. The Balaban J connectivity index is 0.00000380. The van der Waals surface area contributed by atoms with Crippen molar-refractivity contribution in [3.63, 3.8) is 0 Å². The standard InChI is InChI=1S/C23H19F3N4O5S.ClH/c1-30-20(31)22(29-21(30)27,17-7-4-8-18(11-17)35-36(32,33)23(24,25)26)16-6-3-5-14(9-16)15-10-19(34-2)13-28-12-15;/h3-13H,1-2H3,(H2,27,29);1H. The maximum Gasteiger partial charge on any atom is 0.534 e. The van der Waals surface area contributed by atoms with Crippen molar-refractivity contribution in [2.75, 3.05) is 14.2 Å². The number of hydrogen-bond acceptors (Lipinski definition) is 8. The van der Waals surface area contributed by atoms with E-state index in [-0.39, 0.29) is 23.9 Å². The van der Waals surface area contributed by atoms with Gasteiger partial charge in [0.25, 0.3) is 5.91 Å². The molecule has 3 aromatic rings. The van der Waals surface area contributed by atoms with Gasteiger partial charge in [0.15, 0.2) is 11.5 Å². The Morgan fingerprint density at radius 1 is 0.973 bits per heavy atom. The predicted molar refractivity (Wildman–Crippen MR) is 131 cm³/mol. The number of likely N-dealkylation sites (N-methyl/N-ethyl adjacent to an activating group) is 1. The number of nitrogens with two attached hydrogens (primary N) is 1. The van der Waals surface area contributed by atoms with E-state index in [0.717, 1.165) is 17.0 Å². The molecule has 0 aliphatic carbocycles. The van der Waals surface area contributed by atoms with Gasteiger partial charge in [0, 0.05) is 18.8 Å². The van der Waals surface area contributed by atoms with Crippen LogP contribution < -0.4 is 14.7 Å². The number of pyridine rings is 1. The number of amides is 1. The first kappa shape index (κ1) is 27.7. The van der Waals surface area contributed by atoms with Crippen LogP contribution in [0.15, 0.2) is 72.0 Å². The van der Waals surface area contributed by atoms with Gasteiger partial charge in [-0.3, -0.25) is 14.7 Å². The lowest BCUT2D eigenvalue weighted by atomic mass is 9.81. The Bertz CT molecular complexity index is 1480. The molecular weight excluding hydrogens is 537 g/mol. The van der Waals surface area contributed by atoms with Crippen molar-refractivity contribution in [2.24, 2.45) is 10.7 Å². The fourth-order valence-corrected chi connectivity index (χ4v) is 4.19. The summed E-state index contributed by atoms with van der Waals surface area (Å²) in [5.41, 5.74) is 0.189. The Hall–Kier alpha value is -3.84. The average Bonchev–Trinajstić information content (AvgIpc) is 3.08. The van der Waals surface area contributed by atoms with Crippen LogP contribution in [0.25, 0.3) is 11.1 Å². The molecule has 1 unspecified atom stereocenters. The fourth-order valence-electron chi connectivity index (χ4n) is 3.74. The number of benzene rings is 2. The number of alkyl halides is 3. The molecule has 0 fully saturated rings. The maximum absolute atomic E-state index is 13.5. The van der Waals surface area contributed by atoms with Gasteiger partial charge in [0.05, 0.1) is 13.3 Å². The molecule has 4 rings (SSSR count). The molecule has 2 aromatic carbocycles. The zero-order valence-electron chi connectivity index (χ0n) is 19.3. The van der Waals surface area contributed by atoms with E-state index >= 15 is 0 Å². The van der Waals surface area contributed by atoms with Crippen LogP contribution in [0.4, 0.5) is 13.2 Å². The van der Waals surface area contributed by atoms with Crippen LogP contribution in [0.3, 0.4) is 0 Å². The van der Waals surface area contributed by atoms with Gasteiger partial charge in [-0.15, -0.1) is 12.4 Å². The highest BCUT2D eigenvalue weighted by Gasteiger charge is 2.51. The summed E-state index contributed by atoms with van der Waals surface area (Å²) in [6, 6.07) is 13.1. The van der Waals surface area contributed by atoms with E-state index in [2.05, 4.69) is 14.2 Å². The number of halogens is 4. The third-order valence-electron chi connectivity index (χ3n) is 5.54. The Morgan fingerprint density at radius 3 is 2.22 bits per heavy atom. The molecule has 1 aliphatic rings. The predicted octanol–water partition coefficient (Wildman–Crippen LogP) is 3.44. The number of hydrogen-bond donors (Lipinski definition) is 1. The molecule has 0 spiro atoms. The van der Waals surface area contributed by atoms with Gasteiger partial charge in [-0.05, 0) is 41.0 Å². The van der Waals surface area contributed by atoms with Crippen LogP contribution in [-0.2, 0) is 20.5 Å². The minimum atomic E-state index is -5.93. The van der Waals surface area contributed by atoms with Crippen molar-refractivity contribution in [3.8, 4) is 22.6 Å². The van der Waals surface area contributed by atoms with E-state index in [9.17, 15) is 26.4 Å². The molecule has 1 aliphatic heterocycles. The van der Waals surface area contributed by atoms with E-state index in [4.69, 9.17) is 10.5 Å². The van der Waals surface area contributed by atoms with Gasteiger partial charge in [-0.25, -0.2) is 4.99 Å². The Kier molecular flexibility index (Phi) is 7.42. The highest BCUT2D eigenvalue weighted by atomic mass is 35.5. The van der Waals surface area contributed by atoms with Crippen LogP contribution in [-0.4, -0.2) is 49.8 Å². The lowest BCUT2D eigenvalue weighted by Gasteiger charge is -2.27. The molecule has 2 N–H and O–H groups in total. The minimum Gasteiger partial charge on any atom is -0.495 e. The maximum atomic E-state index is 13.5. The first-order valence-electron chi connectivity index (χ1n) is 10.2. The number of rotatable bonds is 6. The first-order valence-corrected chi connectivity index (χ1v) is 11.6. The number of methoxy groups -OCH3 is 1. The number of carbonyl (C=O) groups is 1. The third kappa shape index (κ3) is 4.91. The van der Waals surface area contributed by atoms with E-state index in [1.807, 2.05) is 0 Å². The van der Waals surface area contributed by atoms with Gasteiger partial charge in [-0.1, -0.05) is 30.3 Å². The molecule has 196 valence electrons. The van der Waals surface area contributed by atoms with Crippen molar-refractivity contribution < 1.29 is 35.3 Å². The van der Waals surface area contributed by atoms with Crippen molar-refractivity contribution in [3.05, 3.63) is 78.1 Å². The summed E-state index contributed by atoms with van der Waals surface area (Å²) >= 11 is 0. The molecule has 1 atom stereocenters. The summed E-state index contributed by atoms with van der Waals surface area (Å²) in [4.78, 5) is 23.1. The molecule has 0 saturated carbocycles. The SMILES string of the molecule is COc1cncc(-c2cccc(C3(c4cccc(OS(=O)(=O)C(F)(F)F)c4)N=C(N)N(C)C3=O)c2)c1.Cl. The van der Waals surface area contributed by atoms with Crippen LogP contribution in [0.1, 0.15) is 11.1 Å². The van der Waals surface area contributed by atoms with Gasteiger partial charge >= 0.3 is 15.6 Å². The number of aliphatic imine (C=N–C) groups is 1. The molecule has 1 amide bonds. The molecular formula is C23H20ClF3N4O5S. The van der Waals surface area contributed by atoms with Crippen LogP contribution in [0, 0.1) is 0 Å². The van der Waals surface area contributed by atoms with Gasteiger partial charge < -0.3 is 14.7 Å². The third-order valence-corrected chi connectivity index (χ3v) is 6.52. The lowest BCUT2D eigenvalue weighted by Crippen LogP contribution is -2.41. The summed E-state index contributed by atoms with van der Waals surface area (Å²) in [5.74, 6) is -0.879. The molecule has 2 heterocycles. The van der Waals surface area contributed by atoms with Crippen molar-refractivity contribution in [1.29, 1.82) is 0 Å². The van der Waals surface area contributed by atoms with Crippen molar-refractivity contribution in [1.82, 2.24) is 9.88 Å². The number of carbonyl (C=O) groups excluding carboxylic acids is 1. The average molecular weight is 557 g/mol. The van der Waals surface area contributed by atoms with Crippen LogP contribution in [0.5, 0.6) is 11.5 Å². The molecule has 0 bridgehead atoms. The highest BCUT2D eigenvalue weighted by molar-refractivity contribution is 7.88. The van der Waals surface area contributed by atoms with E-state index in [0.29, 0.717) is 22.4 Å². The zero-order chi connectivity index (χ0) is 26.3. The number of ether oxygens (including phenoxy) is 1. The lowest BCUT2D eigenvalue weighted by molar-refractivity contribution is -0.129. The van der Waals surface area contributed by atoms with Crippen LogP contribution in [0.2, 0.25) is 0 Å². The van der Waals surface area contributed by atoms with E-state index in [1.165, 1.54) is 32.5 Å². The Labute approximate surface area is 216 Å². The Morgan fingerprint density at radius 2 is 1.62 bits per heavy atom. The van der Waals surface area contributed by atoms with Gasteiger partial charge in [-0.2, -0.15) is 21.6 Å². The smallest absolute Gasteiger partial charge is 0.495 e. The number of nitrogens with zero attached hydrogens (tertiary/aromatic N) is 3. The largest absolute Gasteiger partial charge is 0.534 e. The highest BCUT2D eigenvalue weighted by Crippen LogP contribution is 2.42. The van der Waals surface area contributed by atoms with Gasteiger partial charge in [0.2, 0.25) is 0 Å². The summed E-state index contributed by atoms with van der Waals surface area (Å²) in [6.45, 7) is 0. The first-order chi connectivity index (χ1) is 16.9. The van der Waals surface area contributed by atoms with Crippen molar-refractivity contribution >= 4 is 34.4 Å². The van der Waals surface area contributed by atoms with E-state index in [1.54, 1.807) is 36.5 Å². The van der Waals surface area contributed by atoms with Gasteiger partial charge in [0.1, 0.15) is 11.5 Å². The summed E-state index contributed by atoms with van der Waals surface area (Å²) in [5, 5.41) is 0. The topological polar surface area (TPSA) is 124 Å². The monoisotopic (exact) mass is 556 g/mol. The number of guanidine groups is 1. The molecule has 0 saturated heterocycles. The second-order valence-electron chi connectivity index (χ2n) is 7.75. The normalized spacial score (nSPS) is 17.7. The summed E-state index contributed by atoms with van der Waals surface area (Å²) in [7, 11) is -3.05. The minimum absolute atomic E-state index is 0. The number of aromatic nitrogens is 1. The quantitative estimate of drug-likeness (QED) is 0.364. The van der Waals surface area contributed by atoms with Crippen LogP contribution >= 0.6 is 12.4 Å². The van der Waals surface area contributed by atoms with E-state index < -0.39 is 32.8 Å². The molecule has 37 heavy (non-hydrogen) atoms.